The predicted octanol–water partition coefficient (Wildman–Crippen LogP) is 1.31. The summed E-state index contributed by atoms with van der Waals surface area (Å²) in [4.78, 5) is 14.3. The van der Waals surface area contributed by atoms with Crippen molar-refractivity contribution >= 4 is 5.91 Å². The standard InChI is InChI=1S/C15H21NO5/c1-19-12-9-14(21-3)13(20-2)8-11(12)15(18)16-6-4-10(17)5-7-16/h8-10,17H,4-7H2,1-3H3. The molecule has 116 valence electrons. The van der Waals surface area contributed by atoms with Gasteiger partial charge in [0, 0.05) is 25.2 Å². The zero-order valence-corrected chi connectivity index (χ0v) is 12.6. The second kappa shape index (κ2) is 6.67. The predicted molar refractivity (Wildman–Crippen MR) is 77.2 cm³/mol. The number of amides is 1. The summed E-state index contributed by atoms with van der Waals surface area (Å²) < 4.78 is 15.7. The highest BCUT2D eigenvalue weighted by Crippen LogP contribution is 2.35. The SMILES string of the molecule is COc1cc(OC)c(C(=O)N2CCC(O)CC2)cc1OC. The van der Waals surface area contributed by atoms with Crippen molar-refractivity contribution in [2.24, 2.45) is 0 Å². The summed E-state index contributed by atoms with van der Waals surface area (Å²) in [6, 6.07) is 3.27. The second-order valence-corrected chi connectivity index (χ2v) is 4.93. The van der Waals surface area contributed by atoms with Crippen molar-refractivity contribution in [1.82, 2.24) is 4.90 Å². The molecule has 1 aliphatic heterocycles. The minimum atomic E-state index is -0.318. The lowest BCUT2D eigenvalue weighted by Gasteiger charge is -2.30. The average Bonchev–Trinajstić information content (AvgIpc) is 2.53. The number of piperidine rings is 1. The lowest BCUT2D eigenvalue weighted by atomic mass is 10.1. The van der Waals surface area contributed by atoms with E-state index in [4.69, 9.17) is 14.2 Å². The van der Waals surface area contributed by atoms with E-state index in [-0.39, 0.29) is 12.0 Å². The Morgan fingerprint density at radius 1 is 1.05 bits per heavy atom. The molecule has 0 bridgehead atoms. The van der Waals surface area contributed by atoms with Gasteiger partial charge in [-0.2, -0.15) is 0 Å². The normalized spacial score (nSPS) is 15.7. The first-order valence-corrected chi connectivity index (χ1v) is 6.88. The van der Waals surface area contributed by atoms with E-state index in [0.29, 0.717) is 48.7 Å². The van der Waals surface area contributed by atoms with Gasteiger partial charge in [-0.25, -0.2) is 0 Å². The molecule has 0 aliphatic carbocycles. The molecule has 1 aromatic rings. The van der Waals surface area contributed by atoms with Gasteiger partial charge in [-0.15, -0.1) is 0 Å². The monoisotopic (exact) mass is 295 g/mol. The van der Waals surface area contributed by atoms with Crippen LogP contribution in [0.1, 0.15) is 23.2 Å². The number of rotatable bonds is 4. The molecule has 6 heteroatoms. The van der Waals surface area contributed by atoms with Gasteiger partial charge in [0.1, 0.15) is 5.75 Å². The molecular weight excluding hydrogens is 274 g/mol. The fourth-order valence-electron chi connectivity index (χ4n) is 2.44. The van der Waals surface area contributed by atoms with Gasteiger partial charge in [-0.05, 0) is 12.8 Å². The Balaban J connectivity index is 2.31. The number of carbonyl (C=O) groups is 1. The van der Waals surface area contributed by atoms with E-state index < -0.39 is 0 Å². The van der Waals surface area contributed by atoms with Gasteiger partial charge in [0.15, 0.2) is 11.5 Å². The Morgan fingerprint density at radius 3 is 2.10 bits per heavy atom. The van der Waals surface area contributed by atoms with Gasteiger partial charge >= 0.3 is 0 Å². The maximum absolute atomic E-state index is 12.6. The molecule has 1 saturated heterocycles. The number of carbonyl (C=O) groups excluding carboxylic acids is 1. The molecule has 2 rings (SSSR count). The van der Waals surface area contributed by atoms with Crippen molar-refractivity contribution in [3.05, 3.63) is 17.7 Å². The van der Waals surface area contributed by atoms with Crippen molar-refractivity contribution < 1.29 is 24.1 Å². The minimum absolute atomic E-state index is 0.125. The lowest BCUT2D eigenvalue weighted by molar-refractivity contribution is 0.0543. The van der Waals surface area contributed by atoms with E-state index in [9.17, 15) is 9.90 Å². The molecule has 1 heterocycles. The Morgan fingerprint density at radius 2 is 1.57 bits per heavy atom. The third kappa shape index (κ3) is 3.21. The molecule has 0 saturated carbocycles. The summed E-state index contributed by atoms with van der Waals surface area (Å²) in [6.07, 6.45) is 0.879. The summed E-state index contributed by atoms with van der Waals surface area (Å²) in [5.41, 5.74) is 0.437. The van der Waals surface area contributed by atoms with Gasteiger partial charge in [0.2, 0.25) is 0 Å². The van der Waals surface area contributed by atoms with Crippen LogP contribution < -0.4 is 14.2 Å². The maximum atomic E-state index is 12.6. The Hall–Kier alpha value is -1.95. The first-order valence-electron chi connectivity index (χ1n) is 6.88. The van der Waals surface area contributed by atoms with Crippen LogP contribution >= 0.6 is 0 Å². The number of methoxy groups -OCH3 is 3. The number of hydrogen-bond donors (Lipinski definition) is 1. The molecule has 0 aromatic heterocycles. The van der Waals surface area contributed by atoms with Crippen molar-refractivity contribution in [1.29, 1.82) is 0 Å². The van der Waals surface area contributed by atoms with Crippen LogP contribution in [0.25, 0.3) is 0 Å². The van der Waals surface area contributed by atoms with Crippen LogP contribution in [0.4, 0.5) is 0 Å². The van der Waals surface area contributed by atoms with E-state index in [1.165, 1.54) is 21.3 Å². The molecular formula is C15H21NO5. The molecule has 6 nitrogen and oxygen atoms in total. The summed E-state index contributed by atoms with van der Waals surface area (Å²) in [6.45, 7) is 1.08. The quantitative estimate of drug-likeness (QED) is 0.907. The van der Waals surface area contributed by atoms with Crippen LogP contribution in [0.3, 0.4) is 0 Å². The molecule has 1 aromatic carbocycles. The molecule has 1 N–H and O–H groups in total. The zero-order valence-electron chi connectivity index (χ0n) is 12.6. The highest BCUT2D eigenvalue weighted by Gasteiger charge is 2.26. The molecule has 0 radical (unpaired) electrons. The summed E-state index contributed by atoms with van der Waals surface area (Å²) >= 11 is 0. The summed E-state index contributed by atoms with van der Waals surface area (Å²) in [5.74, 6) is 1.32. The Labute approximate surface area is 124 Å². The van der Waals surface area contributed by atoms with Crippen molar-refractivity contribution in [3.8, 4) is 17.2 Å². The Bertz CT molecular complexity index is 509. The number of aliphatic hydroxyl groups excluding tert-OH is 1. The molecule has 0 unspecified atom stereocenters. The third-order valence-electron chi connectivity index (χ3n) is 3.69. The van der Waals surface area contributed by atoms with Crippen LogP contribution in [0.5, 0.6) is 17.2 Å². The molecule has 1 aliphatic rings. The number of hydrogen-bond acceptors (Lipinski definition) is 5. The van der Waals surface area contributed by atoms with Crippen molar-refractivity contribution in [2.75, 3.05) is 34.4 Å². The molecule has 1 fully saturated rings. The number of ether oxygens (including phenoxy) is 3. The maximum Gasteiger partial charge on any atom is 0.257 e. The zero-order chi connectivity index (χ0) is 15.4. The van der Waals surface area contributed by atoms with E-state index in [0.717, 1.165) is 0 Å². The first-order chi connectivity index (χ1) is 10.1. The summed E-state index contributed by atoms with van der Waals surface area (Å²) in [7, 11) is 4.57. The largest absolute Gasteiger partial charge is 0.496 e. The molecule has 0 spiro atoms. The van der Waals surface area contributed by atoms with E-state index in [2.05, 4.69) is 0 Å². The van der Waals surface area contributed by atoms with Gasteiger partial charge in [0.05, 0.1) is 33.0 Å². The van der Waals surface area contributed by atoms with E-state index >= 15 is 0 Å². The Kier molecular flexibility index (Phi) is 4.90. The average molecular weight is 295 g/mol. The summed E-state index contributed by atoms with van der Waals surface area (Å²) in [5, 5.41) is 9.53. The van der Waals surface area contributed by atoms with E-state index in [1.54, 1.807) is 17.0 Å². The minimum Gasteiger partial charge on any atom is -0.496 e. The van der Waals surface area contributed by atoms with Crippen LogP contribution in [0.2, 0.25) is 0 Å². The second-order valence-electron chi connectivity index (χ2n) is 4.93. The number of benzene rings is 1. The van der Waals surface area contributed by atoms with Crippen LogP contribution in [0, 0.1) is 0 Å². The fourth-order valence-corrected chi connectivity index (χ4v) is 2.44. The van der Waals surface area contributed by atoms with Gasteiger partial charge in [0.25, 0.3) is 5.91 Å². The van der Waals surface area contributed by atoms with Gasteiger partial charge in [-0.1, -0.05) is 0 Å². The molecule has 0 atom stereocenters. The van der Waals surface area contributed by atoms with Gasteiger partial charge in [-0.3, -0.25) is 4.79 Å². The first kappa shape index (κ1) is 15.4. The fraction of sp³-hybridized carbons (Fsp3) is 0.533. The van der Waals surface area contributed by atoms with Crippen LogP contribution in [0.15, 0.2) is 12.1 Å². The van der Waals surface area contributed by atoms with Crippen molar-refractivity contribution in [2.45, 2.75) is 18.9 Å². The topological polar surface area (TPSA) is 68.2 Å². The van der Waals surface area contributed by atoms with Gasteiger partial charge < -0.3 is 24.2 Å². The lowest BCUT2D eigenvalue weighted by Crippen LogP contribution is -2.40. The van der Waals surface area contributed by atoms with Crippen LogP contribution in [-0.2, 0) is 0 Å². The van der Waals surface area contributed by atoms with Crippen molar-refractivity contribution in [3.63, 3.8) is 0 Å². The molecule has 1 amide bonds. The molecule has 21 heavy (non-hydrogen) atoms. The third-order valence-corrected chi connectivity index (χ3v) is 3.69. The smallest absolute Gasteiger partial charge is 0.257 e. The number of likely N-dealkylation sites (tertiary alicyclic amines) is 1. The van der Waals surface area contributed by atoms with E-state index in [1.807, 2.05) is 0 Å². The van der Waals surface area contributed by atoms with Crippen LogP contribution in [-0.4, -0.2) is 56.4 Å². The highest BCUT2D eigenvalue weighted by atomic mass is 16.5. The highest BCUT2D eigenvalue weighted by molar-refractivity contribution is 5.98. The number of nitrogens with zero attached hydrogens (tertiary/aromatic N) is 1. The number of aliphatic hydroxyl groups is 1.